The molecule has 94 valence electrons. The highest BCUT2D eigenvalue weighted by Gasteiger charge is 2.10. The Morgan fingerprint density at radius 3 is 3.06 bits per heavy atom. The fourth-order valence-corrected chi connectivity index (χ4v) is 2.24. The summed E-state index contributed by atoms with van der Waals surface area (Å²) in [7, 11) is 0. The first-order chi connectivity index (χ1) is 8.15. The molecule has 1 atom stereocenters. The maximum Gasteiger partial charge on any atom is 0.252 e. The van der Waals surface area contributed by atoms with E-state index in [0.29, 0.717) is 11.4 Å². The van der Waals surface area contributed by atoms with Crippen molar-refractivity contribution in [3.05, 3.63) is 23.9 Å². The van der Waals surface area contributed by atoms with Crippen LogP contribution >= 0.6 is 11.8 Å². The van der Waals surface area contributed by atoms with Gasteiger partial charge in [-0.1, -0.05) is 6.92 Å². The van der Waals surface area contributed by atoms with Gasteiger partial charge in [0.15, 0.2) is 0 Å². The van der Waals surface area contributed by atoms with E-state index < -0.39 is 5.91 Å². The van der Waals surface area contributed by atoms with Crippen molar-refractivity contribution in [2.45, 2.75) is 26.3 Å². The molecule has 3 N–H and O–H groups in total. The van der Waals surface area contributed by atoms with E-state index in [1.807, 2.05) is 11.8 Å². The van der Waals surface area contributed by atoms with Gasteiger partial charge in [-0.3, -0.25) is 4.79 Å². The van der Waals surface area contributed by atoms with Crippen LogP contribution in [0, 0.1) is 0 Å². The van der Waals surface area contributed by atoms with E-state index in [1.165, 1.54) is 0 Å². The summed E-state index contributed by atoms with van der Waals surface area (Å²) in [5, 5.41) is 3.23. The average molecular weight is 253 g/mol. The van der Waals surface area contributed by atoms with Crippen LogP contribution in [0.4, 0.5) is 5.82 Å². The minimum absolute atomic E-state index is 0.280. The van der Waals surface area contributed by atoms with E-state index in [4.69, 9.17) is 5.73 Å². The second-order valence-electron chi connectivity index (χ2n) is 3.79. The molecule has 0 bridgehead atoms. The number of primary amides is 1. The molecular weight excluding hydrogens is 234 g/mol. The third-order valence-electron chi connectivity index (χ3n) is 2.36. The summed E-state index contributed by atoms with van der Waals surface area (Å²) in [6.45, 7) is 4.22. The van der Waals surface area contributed by atoms with Gasteiger partial charge in [0.05, 0.1) is 5.56 Å². The van der Waals surface area contributed by atoms with Crippen molar-refractivity contribution in [2.75, 3.05) is 16.8 Å². The van der Waals surface area contributed by atoms with Gasteiger partial charge < -0.3 is 11.1 Å². The first kappa shape index (κ1) is 13.8. The third-order valence-corrected chi connectivity index (χ3v) is 3.29. The number of aromatic nitrogens is 1. The molecule has 0 aliphatic heterocycles. The molecule has 0 saturated heterocycles. The summed E-state index contributed by atoms with van der Waals surface area (Å²) in [4.78, 5) is 15.4. The fraction of sp³-hybridized carbons (Fsp3) is 0.500. The first-order valence-electron chi connectivity index (χ1n) is 5.74. The normalized spacial score (nSPS) is 12.1. The van der Waals surface area contributed by atoms with Crippen LogP contribution in [0.1, 0.15) is 30.6 Å². The van der Waals surface area contributed by atoms with Gasteiger partial charge in [-0.05, 0) is 37.0 Å². The van der Waals surface area contributed by atoms with Gasteiger partial charge >= 0.3 is 0 Å². The van der Waals surface area contributed by atoms with Crippen molar-refractivity contribution in [1.82, 2.24) is 4.98 Å². The van der Waals surface area contributed by atoms with Gasteiger partial charge in [0.1, 0.15) is 5.82 Å². The van der Waals surface area contributed by atoms with Crippen LogP contribution in [0.25, 0.3) is 0 Å². The largest absolute Gasteiger partial charge is 0.367 e. The number of nitrogens with two attached hydrogens (primary N) is 1. The Morgan fingerprint density at radius 1 is 1.65 bits per heavy atom. The molecule has 1 unspecified atom stereocenters. The summed E-state index contributed by atoms with van der Waals surface area (Å²) >= 11 is 1.91. The summed E-state index contributed by atoms with van der Waals surface area (Å²) in [5.41, 5.74) is 5.74. The summed E-state index contributed by atoms with van der Waals surface area (Å²) < 4.78 is 0. The summed E-state index contributed by atoms with van der Waals surface area (Å²) in [6.07, 6.45) is 2.69. The van der Waals surface area contributed by atoms with E-state index in [2.05, 4.69) is 24.1 Å². The molecule has 0 saturated carbocycles. The van der Waals surface area contributed by atoms with Gasteiger partial charge in [0.2, 0.25) is 0 Å². The minimum atomic E-state index is -0.448. The lowest BCUT2D eigenvalue weighted by atomic mass is 10.2. The topological polar surface area (TPSA) is 68.0 Å². The molecule has 1 rings (SSSR count). The highest BCUT2D eigenvalue weighted by Crippen LogP contribution is 2.14. The number of amides is 1. The SMILES string of the molecule is CCSCCC(C)Nc1ncccc1C(N)=O. The smallest absolute Gasteiger partial charge is 0.252 e. The molecule has 0 aromatic carbocycles. The molecule has 5 heteroatoms. The van der Waals surface area contributed by atoms with Crippen LogP contribution in [-0.4, -0.2) is 28.4 Å². The first-order valence-corrected chi connectivity index (χ1v) is 6.89. The van der Waals surface area contributed by atoms with Crippen molar-refractivity contribution >= 4 is 23.5 Å². The number of carbonyl (C=O) groups is 1. The Kier molecular flexibility index (Phi) is 5.83. The number of hydrogen-bond acceptors (Lipinski definition) is 4. The minimum Gasteiger partial charge on any atom is -0.367 e. The summed E-state index contributed by atoms with van der Waals surface area (Å²) in [6, 6.07) is 3.68. The highest BCUT2D eigenvalue weighted by molar-refractivity contribution is 7.99. The second kappa shape index (κ2) is 7.17. The molecule has 0 aliphatic carbocycles. The lowest BCUT2D eigenvalue weighted by Crippen LogP contribution is -2.21. The van der Waals surface area contributed by atoms with Crippen LogP contribution in [0.2, 0.25) is 0 Å². The zero-order chi connectivity index (χ0) is 12.7. The Hall–Kier alpha value is -1.23. The Labute approximate surface area is 106 Å². The highest BCUT2D eigenvalue weighted by atomic mass is 32.2. The number of nitrogens with one attached hydrogen (secondary N) is 1. The molecule has 1 aromatic heterocycles. The molecule has 4 nitrogen and oxygen atoms in total. The van der Waals surface area contributed by atoms with Gasteiger partial charge in [-0.25, -0.2) is 4.98 Å². The number of pyridine rings is 1. The number of hydrogen-bond donors (Lipinski definition) is 2. The van der Waals surface area contributed by atoms with Gasteiger partial charge in [0.25, 0.3) is 5.91 Å². The van der Waals surface area contributed by atoms with Crippen molar-refractivity contribution < 1.29 is 4.79 Å². The molecule has 0 spiro atoms. The van der Waals surface area contributed by atoms with Gasteiger partial charge in [-0.2, -0.15) is 11.8 Å². The van der Waals surface area contributed by atoms with E-state index in [0.717, 1.165) is 17.9 Å². The Morgan fingerprint density at radius 2 is 2.41 bits per heavy atom. The maximum atomic E-state index is 11.2. The number of thioether (sulfide) groups is 1. The van der Waals surface area contributed by atoms with Crippen molar-refractivity contribution in [3.8, 4) is 0 Å². The molecule has 0 aliphatic rings. The average Bonchev–Trinajstić information content (AvgIpc) is 2.29. The molecule has 0 fully saturated rings. The zero-order valence-electron chi connectivity index (χ0n) is 10.3. The van der Waals surface area contributed by atoms with Crippen LogP contribution in [0.5, 0.6) is 0 Å². The third kappa shape index (κ3) is 4.65. The zero-order valence-corrected chi connectivity index (χ0v) is 11.1. The van der Waals surface area contributed by atoms with E-state index in [9.17, 15) is 4.79 Å². The van der Waals surface area contributed by atoms with Crippen LogP contribution < -0.4 is 11.1 Å². The standard InChI is InChI=1S/C12H19N3OS/c1-3-17-8-6-9(2)15-12-10(11(13)16)5-4-7-14-12/h4-5,7,9H,3,6,8H2,1-2H3,(H2,13,16)(H,14,15). The Bertz CT molecular complexity index is 371. The van der Waals surface area contributed by atoms with Crippen LogP contribution in [-0.2, 0) is 0 Å². The predicted octanol–water partition coefficient (Wildman–Crippen LogP) is 2.12. The lowest BCUT2D eigenvalue weighted by molar-refractivity contribution is 0.100. The molecule has 17 heavy (non-hydrogen) atoms. The van der Waals surface area contributed by atoms with Gasteiger partial charge in [-0.15, -0.1) is 0 Å². The maximum absolute atomic E-state index is 11.2. The van der Waals surface area contributed by atoms with Crippen LogP contribution in [0.15, 0.2) is 18.3 Å². The second-order valence-corrected chi connectivity index (χ2v) is 5.19. The van der Waals surface area contributed by atoms with Crippen molar-refractivity contribution in [2.24, 2.45) is 5.73 Å². The lowest BCUT2D eigenvalue weighted by Gasteiger charge is -2.15. The number of rotatable bonds is 7. The molecule has 0 radical (unpaired) electrons. The Balaban J connectivity index is 2.58. The molecule has 1 aromatic rings. The number of nitrogens with zero attached hydrogens (tertiary/aromatic N) is 1. The molecular formula is C12H19N3OS. The van der Waals surface area contributed by atoms with Crippen LogP contribution in [0.3, 0.4) is 0 Å². The van der Waals surface area contributed by atoms with E-state index in [-0.39, 0.29) is 6.04 Å². The molecule has 1 heterocycles. The monoisotopic (exact) mass is 253 g/mol. The predicted molar refractivity (Wildman–Crippen MR) is 73.5 cm³/mol. The van der Waals surface area contributed by atoms with E-state index in [1.54, 1.807) is 18.3 Å². The van der Waals surface area contributed by atoms with Gasteiger partial charge in [0, 0.05) is 12.2 Å². The quantitative estimate of drug-likeness (QED) is 0.730. The van der Waals surface area contributed by atoms with E-state index >= 15 is 0 Å². The molecule has 1 amide bonds. The number of carbonyl (C=O) groups excluding carboxylic acids is 1. The fourth-order valence-electron chi connectivity index (χ4n) is 1.43. The van der Waals surface area contributed by atoms with Crippen molar-refractivity contribution in [3.63, 3.8) is 0 Å². The number of anilines is 1. The van der Waals surface area contributed by atoms with Crippen molar-refractivity contribution in [1.29, 1.82) is 0 Å². The summed E-state index contributed by atoms with van der Waals surface area (Å²) in [5.74, 6) is 2.36.